The molecule has 0 radical (unpaired) electrons. The molecule has 0 spiro atoms. The summed E-state index contributed by atoms with van der Waals surface area (Å²) in [6, 6.07) is 5.54. The van der Waals surface area contributed by atoms with Gasteiger partial charge in [0.1, 0.15) is 12.1 Å². The smallest absolute Gasteiger partial charge is 0.338 e. The normalized spacial score (nSPS) is 11.1. The zero-order valence-electron chi connectivity index (χ0n) is 9.48. The van der Waals surface area contributed by atoms with Crippen LogP contribution in [0.4, 0.5) is 4.39 Å². The van der Waals surface area contributed by atoms with Gasteiger partial charge in [0, 0.05) is 6.42 Å². The van der Waals surface area contributed by atoms with Crippen LogP contribution in [0.25, 0.3) is 5.57 Å². The van der Waals surface area contributed by atoms with Crippen molar-refractivity contribution in [3.63, 3.8) is 0 Å². The summed E-state index contributed by atoms with van der Waals surface area (Å²) in [5.74, 6) is -0.867. The van der Waals surface area contributed by atoms with Crippen molar-refractivity contribution in [2.24, 2.45) is 0 Å². The monoisotopic (exact) mass is 236 g/mol. The van der Waals surface area contributed by atoms with E-state index in [9.17, 15) is 14.0 Å². The molecule has 0 aliphatic heterocycles. The third kappa shape index (κ3) is 3.83. The quantitative estimate of drug-likeness (QED) is 0.341. The molecule has 0 saturated heterocycles. The number of hydrogen-bond donors (Lipinski definition) is 0. The van der Waals surface area contributed by atoms with Gasteiger partial charge >= 0.3 is 5.97 Å². The maximum atomic E-state index is 12.8. The van der Waals surface area contributed by atoms with Crippen LogP contribution in [0.1, 0.15) is 18.4 Å². The highest BCUT2D eigenvalue weighted by Crippen LogP contribution is 2.17. The van der Waals surface area contributed by atoms with Crippen molar-refractivity contribution in [2.45, 2.75) is 12.8 Å². The van der Waals surface area contributed by atoms with E-state index in [4.69, 9.17) is 0 Å². The molecule has 0 amide bonds. The van der Waals surface area contributed by atoms with E-state index in [1.165, 1.54) is 31.4 Å². The maximum Gasteiger partial charge on any atom is 0.338 e. The van der Waals surface area contributed by atoms with E-state index in [1.807, 2.05) is 0 Å². The number of benzene rings is 1. The van der Waals surface area contributed by atoms with Gasteiger partial charge in [0.05, 0.1) is 12.7 Å². The van der Waals surface area contributed by atoms with Crippen molar-refractivity contribution >= 4 is 17.8 Å². The molecule has 0 aliphatic rings. The maximum absolute atomic E-state index is 12.8. The second-order valence-corrected chi connectivity index (χ2v) is 3.36. The summed E-state index contributed by atoms with van der Waals surface area (Å²) in [6.07, 6.45) is 3.18. The number of esters is 1. The van der Waals surface area contributed by atoms with Crippen LogP contribution in [0, 0.1) is 5.82 Å². The van der Waals surface area contributed by atoms with Crippen molar-refractivity contribution in [3.8, 4) is 0 Å². The lowest BCUT2D eigenvalue weighted by Crippen LogP contribution is -2.04. The van der Waals surface area contributed by atoms with Gasteiger partial charge in [0.25, 0.3) is 0 Å². The molecule has 0 atom stereocenters. The molecule has 0 heterocycles. The van der Waals surface area contributed by atoms with E-state index in [0.29, 0.717) is 24.0 Å². The van der Waals surface area contributed by atoms with Crippen LogP contribution in [-0.4, -0.2) is 19.4 Å². The van der Waals surface area contributed by atoms with E-state index < -0.39 is 5.97 Å². The summed E-state index contributed by atoms with van der Waals surface area (Å²) in [4.78, 5) is 21.7. The predicted molar refractivity (Wildman–Crippen MR) is 61.7 cm³/mol. The number of allylic oxidation sites excluding steroid dienone is 1. The molecule has 3 nitrogen and oxygen atoms in total. The number of rotatable bonds is 5. The molecule has 0 unspecified atom stereocenters. The van der Waals surface area contributed by atoms with Gasteiger partial charge in [0.2, 0.25) is 0 Å². The topological polar surface area (TPSA) is 43.4 Å². The number of halogens is 1. The third-order valence-electron chi connectivity index (χ3n) is 2.19. The van der Waals surface area contributed by atoms with Gasteiger partial charge in [-0.25, -0.2) is 9.18 Å². The van der Waals surface area contributed by atoms with Crippen LogP contribution >= 0.6 is 0 Å². The van der Waals surface area contributed by atoms with E-state index in [2.05, 4.69) is 4.74 Å². The first-order chi connectivity index (χ1) is 8.19. The minimum Gasteiger partial charge on any atom is -0.465 e. The Hall–Kier alpha value is -1.97. The second-order valence-electron chi connectivity index (χ2n) is 3.36. The van der Waals surface area contributed by atoms with Crippen molar-refractivity contribution in [3.05, 3.63) is 41.7 Å². The van der Waals surface area contributed by atoms with Crippen LogP contribution in [-0.2, 0) is 14.3 Å². The van der Waals surface area contributed by atoms with Crippen LogP contribution in [0.3, 0.4) is 0 Å². The summed E-state index contributed by atoms with van der Waals surface area (Å²) >= 11 is 0. The number of hydrogen-bond acceptors (Lipinski definition) is 3. The Balaban J connectivity index is 2.97. The lowest BCUT2D eigenvalue weighted by Gasteiger charge is -2.05. The summed E-state index contributed by atoms with van der Waals surface area (Å²) in [5.41, 5.74) is 0.915. The average molecular weight is 236 g/mol. The first-order valence-corrected chi connectivity index (χ1v) is 5.17. The van der Waals surface area contributed by atoms with E-state index in [1.54, 1.807) is 6.08 Å². The summed E-state index contributed by atoms with van der Waals surface area (Å²) in [5, 5.41) is 0. The van der Waals surface area contributed by atoms with Crippen molar-refractivity contribution < 1.29 is 18.7 Å². The van der Waals surface area contributed by atoms with Crippen LogP contribution in [0.5, 0.6) is 0 Å². The molecule has 0 N–H and O–H groups in total. The number of methoxy groups -OCH3 is 1. The average Bonchev–Trinajstić information content (AvgIpc) is 2.35. The molecule has 1 rings (SSSR count). The van der Waals surface area contributed by atoms with E-state index >= 15 is 0 Å². The van der Waals surface area contributed by atoms with Gasteiger partial charge in [-0.15, -0.1) is 0 Å². The fourth-order valence-electron chi connectivity index (χ4n) is 1.35. The third-order valence-corrected chi connectivity index (χ3v) is 2.19. The Labute approximate surface area is 98.9 Å². The predicted octanol–water partition coefficient (Wildman–Crippen LogP) is 2.36. The van der Waals surface area contributed by atoms with Crippen molar-refractivity contribution in [1.29, 1.82) is 0 Å². The van der Waals surface area contributed by atoms with Gasteiger partial charge in [0.15, 0.2) is 0 Å². The standard InChI is InChI=1S/C13H13FO3/c1-17-13(16)12(4-2-3-9-15)10-5-7-11(14)8-6-10/h4-9H,2-3H2,1H3/b12-4-. The minimum absolute atomic E-state index is 0.335. The molecular weight excluding hydrogens is 223 g/mol. The highest BCUT2D eigenvalue weighted by molar-refractivity contribution is 6.16. The molecular formula is C13H13FO3. The molecule has 0 bridgehead atoms. The van der Waals surface area contributed by atoms with Gasteiger partial charge in [-0.1, -0.05) is 18.2 Å². The second kappa shape index (κ2) is 6.58. The summed E-state index contributed by atoms with van der Waals surface area (Å²) in [7, 11) is 1.28. The van der Waals surface area contributed by atoms with Crippen LogP contribution in [0.2, 0.25) is 0 Å². The number of carbonyl (C=O) groups is 2. The Bertz CT molecular complexity index is 421. The molecule has 4 heteroatoms. The van der Waals surface area contributed by atoms with Gasteiger partial charge in [-0.2, -0.15) is 0 Å². The molecule has 1 aromatic carbocycles. The van der Waals surface area contributed by atoms with Crippen molar-refractivity contribution in [2.75, 3.05) is 7.11 Å². The molecule has 0 fully saturated rings. The number of aldehydes is 1. The Morgan fingerprint density at radius 1 is 1.29 bits per heavy atom. The van der Waals surface area contributed by atoms with Crippen LogP contribution in [0.15, 0.2) is 30.3 Å². The number of unbranched alkanes of at least 4 members (excludes halogenated alkanes) is 1. The van der Waals surface area contributed by atoms with Gasteiger partial charge in [-0.05, 0) is 24.1 Å². The first kappa shape index (κ1) is 13.1. The summed E-state index contributed by atoms with van der Waals surface area (Å²) < 4.78 is 17.4. The Morgan fingerprint density at radius 3 is 2.47 bits per heavy atom. The fourth-order valence-corrected chi connectivity index (χ4v) is 1.35. The molecule has 1 aromatic rings. The highest BCUT2D eigenvalue weighted by atomic mass is 19.1. The van der Waals surface area contributed by atoms with Gasteiger partial charge < -0.3 is 9.53 Å². The van der Waals surface area contributed by atoms with Crippen LogP contribution < -0.4 is 0 Å². The number of ether oxygens (including phenoxy) is 1. The first-order valence-electron chi connectivity index (χ1n) is 5.17. The lowest BCUT2D eigenvalue weighted by atomic mass is 10.0. The number of carbonyl (C=O) groups excluding carboxylic acids is 2. The Morgan fingerprint density at radius 2 is 1.94 bits per heavy atom. The zero-order valence-corrected chi connectivity index (χ0v) is 9.48. The van der Waals surface area contributed by atoms with E-state index in [0.717, 1.165) is 6.29 Å². The SMILES string of the molecule is COC(=O)/C(=C\CCC=O)c1ccc(F)cc1. The Kier molecular flexibility index (Phi) is 5.07. The lowest BCUT2D eigenvalue weighted by molar-refractivity contribution is -0.133. The molecule has 17 heavy (non-hydrogen) atoms. The molecule has 0 saturated carbocycles. The summed E-state index contributed by atoms with van der Waals surface area (Å²) in [6.45, 7) is 0. The minimum atomic E-state index is -0.498. The van der Waals surface area contributed by atoms with Gasteiger partial charge in [-0.3, -0.25) is 0 Å². The molecule has 90 valence electrons. The highest BCUT2D eigenvalue weighted by Gasteiger charge is 2.11. The molecule has 0 aliphatic carbocycles. The van der Waals surface area contributed by atoms with Crippen molar-refractivity contribution in [1.82, 2.24) is 0 Å². The largest absolute Gasteiger partial charge is 0.465 e. The zero-order chi connectivity index (χ0) is 12.7. The fraction of sp³-hybridized carbons (Fsp3) is 0.231. The molecule has 0 aromatic heterocycles. The van der Waals surface area contributed by atoms with E-state index in [-0.39, 0.29) is 5.82 Å².